The third-order valence-electron chi connectivity index (χ3n) is 14.0. The number of aromatic hydroxyl groups is 1. The van der Waals surface area contributed by atoms with Crippen molar-refractivity contribution in [1.29, 1.82) is 0 Å². The minimum atomic E-state index is -3.01. The molecule has 0 unspecified atom stereocenters. The SMILES string of the molecule is CCOP(=O)(Cc1ccc(OC)cc1)OCC.CN(C)c1ccc(-c2ncc(/C=C/c3ccc(O)cc3)s2)cc1.CN(C)c1ccc(-c2ncc(C=O)s2)cc1.CN(C)c1ccc(B(O)O)cc1.COc1ccc(/C=C/c2cnc(-c3ccc(N(C)C)cc3)s2)cc1.O=Cc1cnc(Br)s1. The lowest BCUT2D eigenvalue weighted by Crippen LogP contribution is -2.29. The first-order chi connectivity index (χ1) is 48.0. The molecule has 25 heteroatoms. The zero-order valence-electron chi connectivity index (χ0n) is 57.9. The van der Waals surface area contributed by atoms with Gasteiger partial charge in [0, 0.05) is 130 Å². The Morgan fingerprint density at radius 2 is 0.780 bits per heavy atom. The van der Waals surface area contributed by atoms with E-state index >= 15 is 0 Å². The Bertz CT molecular complexity index is 4270. The van der Waals surface area contributed by atoms with E-state index in [-0.39, 0.29) is 5.75 Å². The summed E-state index contributed by atoms with van der Waals surface area (Å²) < 4.78 is 33.7. The maximum atomic E-state index is 12.3. The van der Waals surface area contributed by atoms with Gasteiger partial charge in [-0.15, -0.1) is 45.3 Å². The molecule has 0 radical (unpaired) electrons. The quantitative estimate of drug-likeness (QED) is 0.0327. The van der Waals surface area contributed by atoms with E-state index in [1.165, 1.54) is 40.2 Å². The van der Waals surface area contributed by atoms with E-state index in [9.17, 15) is 19.3 Å². The first-order valence-electron chi connectivity index (χ1n) is 31.2. The second-order valence-corrected chi connectivity index (χ2v) is 29.7. The van der Waals surface area contributed by atoms with Crippen molar-refractivity contribution < 1.29 is 47.8 Å². The van der Waals surface area contributed by atoms with Crippen LogP contribution in [0.1, 0.15) is 59.6 Å². The molecule has 0 bridgehead atoms. The number of hydrogen-bond acceptors (Lipinski definition) is 22. The van der Waals surface area contributed by atoms with Crippen LogP contribution < -0.4 is 34.5 Å². The molecule has 4 aromatic heterocycles. The number of carbonyl (C=O) groups is 2. The number of carbonyl (C=O) groups excluding carboxylic acids is 2. The van der Waals surface area contributed by atoms with Crippen molar-refractivity contribution in [3.8, 4) is 49.0 Å². The van der Waals surface area contributed by atoms with Gasteiger partial charge in [0.25, 0.3) is 0 Å². The first kappa shape index (κ1) is 80.1. The molecule has 522 valence electrons. The predicted octanol–water partition coefficient (Wildman–Crippen LogP) is 17.1. The summed E-state index contributed by atoms with van der Waals surface area (Å²) in [6.45, 7) is 4.38. The van der Waals surface area contributed by atoms with Crippen molar-refractivity contribution in [3.05, 3.63) is 235 Å². The molecule has 4 heterocycles. The Morgan fingerprint density at radius 1 is 0.450 bits per heavy atom. The Morgan fingerprint density at radius 3 is 1.09 bits per heavy atom. The van der Waals surface area contributed by atoms with Crippen molar-refractivity contribution in [3.63, 3.8) is 0 Å². The van der Waals surface area contributed by atoms with E-state index in [1.54, 1.807) is 81.2 Å². The van der Waals surface area contributed by atoms with Gasteiger partial charge in [-0.2, -0.15) is 0 Å². The van der Waals surface area contributed by atoms with Crippen LogP contribution in [-0.4, -0.2) is 139 Å². The van der Waals surface area contributed by atoms with E-state index in [4.69, 9.17) is 28.6 Å². The number of hydrogen-bond donors (Lipinski definition) is 3. The minimum Gasteiger partial charge on any atom is -0.508 e. The molecule has 0 aliphatic heterocycles. The lowest BCUT2D eigenvalue weighted by Gasteiger charge is -2.16. The van der Waals surface area contributed by atoms with Crippen molar-refractivity contribution >= 4 is 141 Å². The predicted molar refractivity (Wildman–Crippen MR) is 423 cm³/mol. The number of rotatable bonds is 22. The smallest absolute Gasteiger partial charge is 0.488 e. The highest BCUT2D eigenvalue weighted by atomic mass is 79.9. The van der Waals surface area contributed by atoms with Gasteiger partial charge in [0.1, 0.15) is 32.3 Å². The number of phenolic OH excluding ortho intramolecular Hbond substituents is 1. The number of methoxy groups -OCH3 is 2. The summed E-state index contributed by atoms with van der Waals surface area (Å²) in [6.07, 6.45) is 17.1. The van der Waals surface area contributed by atoms with Crippen LogP contribution in [-0.2, 0) is 19.8 Å². The molecule has 0 amide bonds. The molecule has 18 nitrogen and oxygen atoms in total. The Hall–Kier alpha value is -8.91. The van der Waals surface area contributed by atoms with E-state index in [2.05, 4.69) is 106 Å². The average molecular weight is 1510 g/mol. The second kappa shape index (κ2) is 41.6. The van der Waals surface area contributed by atoms with Crippen LogP contribution in [0.2, 0.25) is 0 Å². The van der Waals surface area contributed by atoms with E-state index in [0.717, 1.165) is 97.5 Å². The van der Waals surface area contributed by atoms with Crippen molar-refractivity contribution in [1.82, 2.24) is 19.9 Å². The molecule has 0 aliphatic carbocycles. The number of halogens is 1. The van der Waals surface area contributed by atoms with Gasteiger partial charge in [-0.25, -0.2) is 19.9 Å². The van der Waals surface area contributed by atoms with Crippen molar-refractivity contribution in [2.24, 2.45) is 0 Å². The molecule has 3 N–H and O–H groups in total. The van der Waals surface area contributed by atoms with Crippen molar-refractivity contribution in [2.75, 3.05) is 103 Å². The lowest BCUT2D eigenvalue weighted by atomic mass is 9.80. The molecular formula is C75H83BBrN8O10PS4. The standard InChI is InChI=1S/C20H20N2OS.C19H18N2OS.C12H12N2OS.C12H19O4P.C8H12BNO2.C4H2BrNOS/c1-22(2)17-9-7-16(8-10-17)20-21-14-19(24-20)13-6-15-4-11-18(23-3)12-5-15;1-21(2)16-8-6-15(7-9-16)19-20-13-18(23-19)12-5-14-3-10-17(22)11-4-14;1-14(2)10-5-3-9(4-6-10)12-13-7-11(8-15)16-12;1-4-15-17(13,16-5-2)10-11-6-8-12(14-3)9-7-11;1-10(2)8-5-3-7(4-6-8)9(11)12;5-4-6-1-3(2-7)8-4/h4-14H,1-3H3;3-13,22H,1-2H3;3-8H,1-2H3;6-9H,4-5,10H2,1-3H3;3-6,11-12H,1-2H3;1-2H/b13-6+;12-5+;;;;. The number of aldehydes is 2. The Labute approximate surface area is 611 Å². The molecule has 7 aromatic carbocycles. The zero-order chi connectivity index (χ0) is 72.6. The van der Waals surface area contributed by atoms with Gasteiger partial charge in [-0.1, -0.05) is 60.7 Å². The number of benzene rings is 7. The van der Waals surface area contributed by atoms with Crippen molar-refractivity contribution in [2.45, 2.75) is 20.0 Å². The van der Waals surface area contributed by atoms with Crippen LogP contribution in [0.4, 0.5) is 22.7 Å². The maximum absolute atomic E-state index is 12.3. The lowest BCUT2D eigenvalue weighted by molar-refractivity contribution is 0.111. The van der Waals surface area contributed by atoms with E-state index < -0.39 is 14.7 Å². The molecular weight excluding hydrogens is 1420 g/mol. The largest absolute Gasteiger partial charge is 0.508 e. The molecule has 11 aromatic rings. The molecule has 0 spiro atoms. The highest BCUT2D eigenvalue weighted by Crippen LogP contribution is 2.51. The highest BCUT2D eigenvalue weighted by molar-refractivity contribution is 9.11. The van der Waals surface area contributed by atoms with Gasteiger partial charge < -0.3 is 53.3 Å². The molecule has 0 fully saturated rings. The maximum Gasteiger partial charge on any atom is 0.488 e. The summed E-state index contributed by atoms with van der Waals surface area (Å²) in [4.78, 5) is 49.3. The Kier molecular flexibility index (Phi) is 33.3. The van der Waals surface area contributed by atoms with Gasteiger partial charge in [0.2, 0.25) is 0 Å². The summed E-state index contributed by atoms with van der Waals surface area (Å²) in [7, 11) is 14.9. The zero-order valence-corrected chi connectivity index (χ0v) is 63.6. The third kappa shape index (κ3) is 27.0. The molecule has 0 atom stereocenters. The average Bonchev–Trinajstić information content (AvgIpc) is 1.61. The van der Waals surface area contributed by atoms with Gasteiger partial charge in [-0.05, 0) is 185 Å². The fourth-order valence-electron chi connectivity index (χ4n) is 8.57. The number of anilines is 4. The molecule has 100 heavy (non-hydrogen) atoms. The molecule has 0 aliphatic rings. The highest BCUT2D eigenvalue weighted by Gasteiger charge is 2.24. The number of nitrogens with zero attached hydrogens (tertiary/aromatic N) is 8. The second-order valence-electron chi connectivity index (χ2n) is 22.1. The van der Waals surface area contributed by atoms with Gasteiger partial charge in [-0.3, -0.25) is 14.2 Å². The number of aromatic nitrogens is 4. The van der Waals surface area contributed by atoms with E-state index in [1.807, 2.05) is 188 Å². The first-order valence-corrected chi connectivity index (χ1v) is 37.0. The van der Waals surface area contributed by atoms with Gasteiger partial charge in [0.05, 0.1) is 43.3 Å². The van der Waals surface area contributed by atoms with Crippen LogP contribution in [0.25, 0.3) is 56.0 Å². The summed E-state index contributed by atoms with van der Waals surface area (Å²) in [6, 6.07) is 54.6. The summed E-state index contributed by atoms with van der Waals surface area (Å²) in [5.74, 6) is 1.92. The summed E-state index contributed by atoms with van der Waals surface area (Å²) >= 11 is 9.21. The topological polar surface area (TPSA) is 213 Å². The summed E-state index contributed by atoms with van der Waals surface area (Å²) in [5.41, 5.74) is 11.5. The van der Waals surface area contributed by atoms with Crippen LogP contribution in [0.3, 0.4) is 0 Å². The van der Waals surface area contributed by atoms with Crippen LogP contribution in [0.5, 0.6) is 17.2 Å². The van der Waals surface area contributed by atoms with Gasteiger partial charge >= 0.3 is 14.7 Å². The van der Waals surface area contributed by atoms with Crippen LogP contribution in [0.15, 0.2) is 199 Å². The fraction of sp³-hybridized carbons (Fsp3) is 0.200. The van der Waals surface area contributed by atoms with E-state index in [0.29, 0.717) is 34.6 Å². The number of phenols is 1. The third-order valence-corrected chi connectivity index (χ3v) is 20.4. The summed E-state index contributed by atoms with van der Waals surface area (Å²) in [5, 5.41) is 29.8. The van der Waals surface area contributed by atoms with Crippen LogP contribution in [0, 0.1) is 0 Å². The molecule has 11 rings (SSSR count). The molecule has 0 saturated heterocycles. The fourth-order valence-corrected chi connectivity index (χ4v) is 13.8. The monoisotopic (exact) mass is 1500 g/mol. The van der Waals surface area contributed by atoms with Crippen LogP contribution >= 0.6 is 68.9 Å². The minimum absolute atomic E-state index is 0.281. The number of ether oxygens (including phenoxy) is 2. The molecule has 0 saturated carbocycles. The normalized spacial score (nSPS) is 10.6. The Balaban J connectivity index is 0.000000195. The van der Waals surface area contributed by atoms with Gasteiger partial charge in [0.15, 0.2) is 16.5 Å². The number of thiazole rings is 4.